The molecular weight excluding hydrogens is 544 g/mol. The van der Waals surface area contributed by atoms with Crippen LogP contribution in [-0.4, -0.2) is 74.2 Å². The van der Waals surface area contributed by atoms with Gasteiger partial charge in [-0.15, -0.1) is 0 Å². The van der Waals surface area contributed by atoms with Crippen molar-refractivity contribution in [2.45, 2.75) is 32.7 Å². The number of benzene rings is 2. The Kier molecular flexibility index (Phi) is 12.1. The maximum Gasteiger partial charge on any atom is 0.339 e. The van der Waals surface area contributed by atoms with Crippen molar-refractivity contribution in [2.75, 3.05) is 13.2 Å². The zero-order valence-electron chi connectivity index (χ0n) is 20.5. The lowest BCUT2D eigenvalue weighted by Crippen LogP contribution is -2.16. The summed E-state index contributed by atoms with van der Waals surface area (Å²) < 4.78 is 10.1. The van der Waals surface area contributed by atoms with Crippen molar-refractivity contribution in [3.63, 3.8) is 0 Å². The molecule has 216 valence electrons. The van der Waals surface area contributed by atoms with E-state index in [1.807, 2.05) is 0 Å². The van der Waals surface area contributed by atoms with Crippen molar-refractivity contribution in [2.24, 2.45) is 0 Å². The zero-order valence-corrected chi connectivity index (χ0v) is 20.5. The molecule has 0 amide bonds. The minimum absolute atomic E-state index is 0.133. The SMILES string of the molecule is O=C(OCCCCOC(=O)c1cc(COO)c(COO)cc1C(=O)O)c1cc(C(=O)O)c(C(=O)O)cc1COO. The molecule has 0 aromatic heterocycles. The van der Waals surface area contributed by atoms with Gasteiger partial charge in [0.1, 0.15) is 19.8 Å². The second-order valence-corrected chi connectivity index (χ2v) is 7.94. The molecule has 2 rings (SSSR count). The van der Waals surface area contributed by atoms with Gasteiger partial charge in [-0.25, -0.2) is 38.6 Å². The number of rotatable bonds is 16. The van der Waals surface area contributed by atoms with E-state index in [4.69, 9.17) is 25.2 Å². The third kappa shape index (κ3) is 8.27. The van der Waals surface area contributed by atoms with Gasteiger partial charge < -0.3 is 24.8 Å². The van der Waals surface area contributed by atoms with Crippen LogP contribution in [0.2, 0.25) is 0 Å². The topological polar surface area (TPSA) is 253 Å². The summed E-state index contributed by atoms with van der Waals surface area (Å²) in [6.45, 7) is -1.96. The summed E-state index contributed by atoms with van der Waals surface area (Å²) in [5.74, 6) is -6.70. The molecule has 6 N–H and O–H groups in total. The Balaban J connectivity index is 2.01. The maximum absolute atomic E-state index is 12.5. The molecule has 0 aliphatic heterocycles. The predicted octanol–water partition coefficient (Wildman–Crippen LogP) is 2.54. The molecule has 2 aromatic carbocycles. The molecule has 0 saturated carbocycles. The molecule has 16 heteroatoms. The van der Waals surface area contributed by atoms with Gasteiger partial charge in [0.05, 0.1) is 41.0 Å². The van der Waals surface area contributed by atoms with Crippen LogP contribution < -0.4 is 0 Å². The number of aromatic carboxylic acids is 3. The molecule has 0 fully saturated rings. The summed E-state index contributed by atoms with van der Waals surface area (Å²) in [6, 6.07) is 3.81. The first-order valence-electron chi connectivity index (χ1n) is 11.2. The highest BCUT2D eigenvalue weighted by Crippen LogP contribution is 2.22. The number of unbranched alkanes of at least 4 members (excludes halogenated alkanes) is 1. The molecular formula is C24H24O16. The van der Waals surface area contributed by atoms with Gasteiger partial charge in [0.25, 0.3) is 0 Å². The van der Waals surface area contributed by atoms with Crippen LogP contribution in [0.4, 0.5) is 0 Å². The van der Waals surface area contributed by atoms with E-state index in [2.05, 4.69) is 14.7 Å². The van der Waals surface area contributed by atoms with Crippen LogP contribution in [0.15, 0.2) is 24.3 Å². The van der Waals surface area contributed by atoms with Crippen LogP contribution in [0.3, 0.4) is 0 Å². The average molecular weight is 568 g/mol. The van der Waals surface area contributed by atoms with E-state index in [1.165, 1.54) is 0 Å². The molecule has 0 bridgehead atoms. The second-order valence-electron chi connectivity index (χ2n) is 7.94. The highest BCUT2D eigenvalue weighted by atomic mass is 17.1. The first-order valence-corrected chi connectivity index (χ1v) is 11.2. The predicted molar refractivity (Wildman–Crippen MR) is 126 cm³/mol. The standard InChI is InChI=1S/C24H24O16/c25-20(26)16-7-14(11-40-35)15(8-18(16)22(29)30)23(31)36-3-1-2-4-37-24(32)19-6-13(10-39-34)12(9-38-33)5-17(19)21(27)28/h5-8,33-35H,1-4,9-11H2,(H,25,26)(H,27,28)(H,29,30). The van der Waals surface area contributed by atoms with Gasteiger partial charge in [-0.05, 0) is 53.8 Å². The molecule has 0 unspecified atom stereocenters. The lowest BCUT2D eigenvalue weighted by atomic mass is 9.98. The largest absolute Gasteiger partial charge is 0.478 e. The van der Waals surface area contributed by atoms with Gasteiger partial charge in [0, 0.05) is 0 Å². The molecule has 0 saturated heterocycles. The number of carbonyl (C=O) groups is 5. The molecule has 0 heterocycles. The maximum atomic E-state index is 12.5. The highest BCUT2D eigenvalue weighted by Gasteiger charge is 2.24. The first kappa shape index (κ1) is 31.8. The summed E-state index contributed by atoms with van der Waals surface area (Å²) in [7, 11) is 0. The van der Waals surface area contributed by atoms with Gasteiger partial charge in [-0.2, -0.15) is 0 Å². The van der Waals surface area contributed by atoms with E-state index in [9.17, 15) is 39.3 Å². The molecule has 0 aliphatic rings. The summed E-state index contributed by atoms with van der Waals surface area (Å²) in [5, 5.41) is 54.1. The zero-order chi connectivity index (χ0) is 29.8. The number of hydrogen-bond acceptors (Lipinski definition) is 13. The highest BCUT2D eigenvalue weighted by molar-refractivity contribution is 6.05. The van der Waals surface area contributed by atoms with Crippen molar-refractivity contribution >= 4 is 29.8 Å². The Bertz CT molecular complexity index is 1270. The van der Waals surface area contributed by atoms with Crippen molar-refractivity contribution in [3.8, 4) is 0 Å². The molecule has 40 heavy (non-hydrogen) atoms. The number of hydrogen-bond donors (Lipinski definition) is 6. The Morgan fingerprint density at radius 1 is 0.500 bits per heavy atom. The van der Waals surface area contributed by atoms with E-state index in [-0.39, 0.29) is 53.9 Å². The van der Waals surface area contributed by atoms with Crippen LogP contribution >= 0.6 is 0 Å². The quantitative estimate of drug-likeness (QED) is 0.0736. The van der Waals surface area contributed by atoms with Gasteiger partial charge in [0.2, 0.25) is 0 Å². The number of carboxylic acids is 3. The van der Waals surface area contributed by atoms with Crippen LogP contribution in [0, 0.1) is 0 Å². The van der Waals surface area contributed by atoms with Crippen molar-refractivity contribution < 1.29 is 79.2 Å². The summed E-state index contributed by atoms with van der Waals surface area (Å²) in [4.78, 5) is 71.3. The Morgan fingerprint density at radius 2 is 0.850 bits per heavy atom. The lowest BCUT2D eigenvalue weighted by molar-refractivity contribution is -0.258. The summed E-state index contributed by atoms with van der Waals surface area (Å²) in [5.41, 5.74) is -2.32. The minimum atomic E-state index is -1.61. The second kappa shape index (κ2) is 15.2. The number of carboxylic acid groups (broad SMARTS) is 3. The third-order valence-corrected chi connectivity index (χ3v) is 5.38. The first-order chi connectivity index (χ1) is 19.0. The van der Waals surface area contributed by atoms with Gasteiger partial charge in [-0.1, -0.05) is 0 Å². The van der Waals surface area contributed by atoms with Crippen LogP contribution in [0.5, 0.6) is 0 Å². The third-order valence-electron chi connectivity index (χ3n) is 5.38. The van der Waals surface area contributed by atoms with E-state index in [0.717, 1.165) is 24.3 Å². The molecule has 0 radical (unpaired) electrons. The van der Waals surface area contributed by atoms with E-state index >= 15 is 0 Å². The monoisotopic (exact) mass is 568 g/mol. The number of ether oxygens (including phenoxy) is 2. The fraction of sp³-hybridized carbons (Fsp3) is 0.292. The van der Waals surface area contributed by atoms with Crippen LogP contribution in [-0.2, 0) is 44.0 Å². The fourth-order valence-corrected chi connectivity index (χ4v) is 3.51. The van der Waals surface area contributed by atoms with Gasteiger partial charge in [0.15, 0.2) is 0 Å². The lowest BCUT2D eigenvalue weighted by Gasteiger charge is -2.13. The van der Waals surface area contributed by atoms with E-state index in [0.29, 0.717) is 0 Å². The van der Waals surface area contributed by atoms with Crippen LogP contribution in [0.25, 0.3) is 0 Å². The van der Waals surface area contributed by atoms with Gasteiger partial charge >= 0.3 is 29.8 Å². The van der Waals surface area contributed by atoms with E-state index < -0.39 is 66.4 Å². The van der Waals surface area contributed by atoms with Crippen LogP contribution in [0.1, 0.15) is 81.3 Å². The number of carbonyl (C=O) groups excluding carboxylic acids is 2. The Labute approximate surface area is 224 Å². The van der Waals surface area contributed by atoms with E-state index in [1.54, 1.807) is 0 Å². The minimum Gasteiger partial charge on any atom is -0.478 e. The fourth-order valence-electron chi connectivity index (χ4n) is 3.51. The molecule has 2 aromatic rings. The smallest absolute Gasteiger partial charge is 0.339 e. The summed E-state index contributed by atoms with van der Waals surface area (Å²) in [6.07, 6.45) is 0.293. The molecule has 16 nitrogen and oxygen atoms in total. The molecule has 0 spiro atoms. The van der Waals surface area contributed by atoms with Gasteiger partial charge in [-0.3, -0.25) is 15.8 Å². The average Bonchev–Trinajstić information content (AvgIpc) is 2.90. The molecule has 0 aliphatic carbocycles. The van der Waals surface area contributed by atoms with Crippen molar-refractivity contribution in [1.29, 1.82) is 0 Å². The summed E-state index contributed by atoms with van der Waals surface area (Å²) >= 11 is 0. The van der Waals surface area contributed by atoms with Crippen molar-refractivity contribution in [3.05, 3.63) is 68.8 Å². The Morgan fingerprint density at radius 3 is 1.30 bits per heavy atom. The molecule has 0 atom stereocenters. The normalized spacial score (nSPS) is 10.7. The van der Waals surface area contributed by atoms with Crippen molar-refractivity contribution in [1.82, 2.24) is 0 Å². The Hall–Kier alpha value is -4.45. The number of esters is 2.